The lowest BCUT2D eigenvalue weighted by molar-refractivity contribution is -0.119. The van der Waals surface area contributed by atoms with Gasteiger partial charge in [0.1, 0.15) is 0 Å². The van der Waals surface area contributed by atoms with Gasteiger partial charge in [-0.15, -0.1) is 0 Å². The number of hydrogen-bond acceptors (Lipinski definition) is 5. The predicted octanol–water partition coefficient (Wildman–Crippen LogP) is 3.07. The van der Waals surface area contributed by atoms with Crippen LogP contribution in [0.3, 0.4) is 0 Å². The molecule has 0 unspecified atom stereocenters. The molecule has 0 aromatic heterocycles. The summed E-state index contributed by atoms with van der Waals surface area (Å²) in [7, 11) is 1.32. The van der Waals surface area contributed by atoms with E-state index in [0.717, 1.165) is 11.6 Å². The first-order chi connectivity index (χ1) is 12.8. The van der Waals surface area contributed by atoms with Gasteiger partial charge in [-0.2, -0.15) is 0 Å². The summed E-state index contributed by atoms with van der Waals surface area (Å²) in [5, 5.41) is 2.75. The van der Waals surface area contributed by atoms with Gasteiger partial charge in [-0.05, 0) is 30.7 Å². The zero-order chi connectivity index (χ0) is 20.0. The Bertz CT molecular complexity index is 848. The first kappa shape index (κ1) is 20.1. The van der Waals surface area contributed by atoms with E-state index in [9.17, 15) is 18.8 Å². The lowest BCUT2D eigenvalue weighted by atomic mass is 10.0. The number of Topliss-reactive ketones (excluding diaryl/α,β-unsaturated/α-hetero) is 1. The molecular formula is C20H20FNO5. The van der Waals surface area contributed by atoms with Crippen LogP contribution in [0.1, 0.15) is 46.2 Å². The van der Waals surface area contributed by atoms with E-state index in [1.165, 1.54) is 26.2 Å². The van der Waals surface area contributed by atoms with Gasteiger partial charge in [0.05, 0.1) is 18.7 Å². The zero-order valence-electron chi connectivity index (χ0n) is 15.2. The smallest absolute Gasteiger partial charge is 0.338 e. The van der Waals surface area contributed by atoms with Gasteiger partial charge in [0.2, 0.25) is 5.91 Å². The summed E-state index contributed by atoms with van der Waals surface area (Å²) in [4.78, 5) is 35.2. The Morgan fingerprint density at radius 3 is 2.26 bits per heavy atom. The Balaban J connectivity index is 1.96. The first-order valence-corrected chi connectivity index (χ1v) is 8.22. The van der Waals surface area contributed by atoms with Crippen molar-refractivity contribution in [1.82, 2.24) is 5.32 Å². The number of hydrogen-bond donors (Lipinski definition) is 1. The van der Waals surface area contributed by atoms with Crippen molar-refractivity contribution in [3.63, 3.8) is 0 Å². The summed E-state index contributed by atoms with van der Waals surface area (Å²) >= 11 is 0. The van der Waals surface area contributed by atoms with Gasteiger partial charge in [-0.1, -0.05) is 24.3 Å². The van der Waals surface area contributed by atoms with E-state index in [2.05, 4.69) is 5.32 Å². The van der Waals surface area contributed by atoms with E-state index in [1.807, 2.05) is 6.92 Å². The quantitative estimate of drug-likeness (QED) is 0.596. The van der Waals surface area contributed by atoms with E-state index in [1.54, 1.807) is 24.3 Å². The van der Waals surface area contributed by atoms with E-state index in [4.69, 9.17) is 9.47 Å². The Hall–Kier alpha value is -3.22. The zero-order valence-corrected chi connectivity index (χ0v) is 15.2. The number of ether oxygens (including phenoxy) is 2. The van der Waals surface area contributed by atoms with Gasteiger partial charge in [0, 0.05) is 12.5 Å². The molecule has 142 valence electrons. The number of carbonyl (C=O) groups excluding carboxylic acids is 3. The predicted molar refractivity (Wildman–Crippen MR) is 96.2 cm³/mol. The van der Waals surface area contributed by atoms with Crippen LogP contribution in [-0.2, 0) is 9.53 Å². The molecule has 2 aromatic carbocycles. The lowest BCUT2D eigenvalue weighted by Crippen LogP contribution is -2.23. The molecule has 0 spiro atoms. The minimum absolute atomic E-state index is 0.0104. The highest BCUT2D eigenvalue weighted by atomic mass is 19.1. The van der Waals surface area contributed by atoms with Crippen LogP contribution >= 0.6 is 0 Å². The van der Waals surface area contributed by atoms with E-state index >= 15 is 0 Å². The molecule has 2 aromatic rings. The maximum Gasteiger partial charge on any atom is 0.338 e. The number of rotatable bonds is 7. The largest absolute Gasteiger partial charge is 0.494 e. The number of amides is 1. The molecule has 0 fully saturated rings. The fourth-order valence-corrected chi connectivity index (χ4v) is 2.44. The number of methoxy groups -OCH3 is 1. The highest BCUT2D eigenvalue weighted by Gasteiger charge is 2.15. The lowest BCUT2D eigenvalue weighted by Gasteiger charge is -2.13. The van der Waals surface area contributed by atoms with Crippen molar-refractivity contribution in [2.75, 3.05) is 13.7 Å². The van der Waals surface area contributed by atoms with Crippen LogP contribution in [0.4, 0.5) is 4.39 Å². The highest BCUT2D eigenvalue weighted by molar-refractivity contribution is 5.99. The van der Waals surface area contributed by atoms with Crippen LogP contribution in [-0.4, -0.2) is 31.4 Å². The third-order valence-corrected chi connectivity index (χ3v) is 3.87. The summed E-state index contributed by atoms with van der Waals surface area (Å²) in [6.07, 6.45) is 0. The molecule has 7 heteroatoms. The molecule has 0 saturated carbocycles. The second-order valence-electron chi connectivity index (χ2n) is 5.89. The highest BCUT2D eigenvalue weighted by Crippen LogP contribution is 2.18. The Morgan fingerprint density at radius 1 is 1.07 bits per heavy atom. The average Bonchev–Trinajstić information content (AvgIpc) is 2.65. The normalized spacial score (nSPS) is 11.4. The summed E-state index contributed by atoms with van der Waals surface area (Å²) in [6.45, 7) is 2.79. The fourth-order valence-electron chi connectivity index (χ4n) is 2.44. The standard InChI is InChI=1S/C20H20FNO5/c1-12(22-13(2)23)14-4-6-15(7-5-14)18(24)11-27-20(25)16-8-9-19(26-3)17(21)10-16/h4-10,12H,11H2,1-3H3,(H,22,23)/t12-/m0/s1. The third kappa shape index (κ3) is 5.37. The number of halogens is 1. The summed E-state index contributed by atoms with van der Waals surface area (Å²) < 4.78 is 23.4. The molecule has 0 radical (unpaired) electrons. The maximum absolute atomic E-state index is 13.6. The number of benzene rings is 2. The van der Waals surface area contributed by atoms with Crippen LogP contribution in [0.5, 0.6) is 5.75 Å². The fraction of sp³-hybridized carbons (Fsp3) is 0.250. The summed E-state index contributed by atoms with van der Waals surface area (Å²) in [5.41, 5.74) is 1.19. The molecule has 27 heavy (non-hydrogen) atoms. The first-order valence-electron chi connectivity index (χ1n) is 8.22. The van der Waals surface area contributed by atoms with Crippen molar-refractivity contribution in [2.24, 2.45) is 0 Å². The molecule has 0 bridgehead atoms. The van der Waals surface area contributed by atoms with Crippen molar-refractivity contribution in [2.45, 2.75) is 19.9 Å². The van der Waals surface area contributed by atoms with Gasteiger partial charge >= 0.3 is 5.97 Å². The molecule has 0 aliphatic carbocycles. The SMILES string of the molecule is COc1ccc(C(=O)OCC(=O)c2ccc([C@H](C)NC(C)=O)cc2)cc1F. The maximum atomic E-state index is 13.6. The molecule has 2 rings (SSSR count). The van der Waals surface area contributed by atoms with Crippen molar-refractivity contribution < 1.29 is 28.2 Å². The van der Waals surface area contributed by atoms with Gasteiger partial charge < -0.3 is 14.8 Å². The molecule has 0 heterocycles. The van der Waals surface area contributed by atoms with Gasteiger partial charge in [0.25, 0.3) is 0 Å². The van der Waals surface area contributed by atoms with Crippen LogP contribution < -0.4 is 10.1 Å². The number of nitrogens with one attached hydrogen (secondary N) is 1. The van der Waals surface area contributed by atoms with Crippen molar-refractivity contribution >= 4 is 17.7 Å². The van der Waals surface area contributed by atoms with E-state index < -0.39 is 24.2 Å². The minimum Gasteiger partial charge on any atom is -0.494 e. The topological polar surface area (TPSA) is 81.7 Å². The minimum atomic E-state index is -0.805. The molecule has 1 atom stereocenters. The monoisotopic (exact) mass is 373 g/mol. The van der Waals surface area contributed by atoms with Crippen molar-refractivity contribution in [1.29, 1.82) is 0 Å². The van der Waals surface area contributed by atoms with Crippen molar-refractivity contribution in [3.8, 4) is 5.75 Å². The van der Waals surface area contributed by atoms with Crippen LogP contribution in [0.15, 0.2) is 42.5 Å². The molecule has 0 aliphatic heterocycles. The van der Waals surface area contributed by atoms with Gasteiger partial charge in [-0.3, -0.25) is 9.59 Å². The van der Waals surface area contributed by atoms with E-state index in [-0.39, 0.29) is 23.3 Å². The van der Waals surface area contributed by atoms with E-state index in [0.29, 0.717) is 5.56 Å². The summed E-state index contributed by atoms with van der Waals surface area (Å²) in [5.74, 6) is -2.03. The Labute approximate surface area is 156 Å². The molecule has 1 N–H and O–H groups in total. The second kappa shape index (κ2) is 8.93. The average molecular weight is 373 g/mol. The molecule has 0 aliphatic rings. The molecule has 6 nitrogen and oxygen atoms in total. The van der Waals surface area contributed by atoms with Crippen molar-refractivity contribution in [3.05, 3.63) is 65.0 Å². The number of ketones is 1. The van der Waals surface area contributed by atoms with Crippen LogP contribution in [0.2, 0.25) is 0 Å². The molecule has 0 saturated heterocycles. The Kier molecular flexibility index (Phi) is 6.65. The second-order valence-corrected chi connectivity index (χ2v) is 5.89. The van der Waals surface area contributed by atoms with Gasteiger partial charge in [-0.25, -0.2) is 9.18 Å². The molecular weight excluding hydrogens is 353 g/mol. The van der Waals surface area contributed by atoms with Crippen LogP contribution in [0.25, 0.3) is 0 Å². The Morgan fingerprint density at radius 2 is 1.70 bits per heavy atom. The van der Waals surface area contributed by atoms with Gasteiger partial charge in [0.15, 0.2) is 24.0 Å². The van der Waals surface area contributed by atoms with Crippen LogP contribution in [0, 0.1) is 5.82 Å². The number of carbonyl (C=O) groups is 3. The summed E-state index contributed by atoms with van der Waals surface area (Å²) in [6, 6.07) is 10.1. The molecule has 1 amide bonds. The third-order valence-electron chi connectivity index (χ3n) is 3.87. The number of esters is 1.